The number of nitrogens with one attached hydrogen (secondary N) is 2. The maximum Gasteiger partial charge on any atom is 0.293 e. The van der Waals surface area contributed by atoms with Crippen LogP contribution in [0.4, 0.5) is 15.8 Å². The van der Waals surface area contributed by atoms with Crippen molar-refractivity contribution in [2.75, 3.05) is 17.6 Å². The van der Waals surface area contributed by atoms with Gasteiger partial charge in [-0.1, -0.05) is 42.5 Å². The molecule has 0 saturated heterocycles. The molecule has 0 aromatic heterocycles. The van der Waals surface area contributed by atoms with Gasteiger partial charge in [-0.15, -0.1) is 11.8 Å². The summed E-state index contributed by atoms with van der Waals surface area (Å²) in [6.07, 6.45) is 1.35. The molecule has 1 unspecified atom stereocenters. The monoisotopic (exact) mass is 608 g/mol. The van der Waals surface area contributed by atoms with E-state index in [4.69, 9.17) is 5.73 Å². The van der Waals surface area contributed by atoms with Gasteiger partial charge in [-0.05, 0) is 79.0 Å². The number of hydrogen-bond acceptors (Lipinski definition) is 8. The maximum atomic E-state index is 13.2. The minimum atomic E-state index is -4.43. The largest absolute Gasteiger partial charge is 0.376 e. The van der Waals surface area contributed by atoms with Crippen LogP contribution < -0.4 is 15.8 Å². The van der Waals surface area contributed by atoms with E-state index in [2.05, 4.69) is 5.32 Å². The number of nitrogens with two attached hydrogens (primary N) is 1. The lowest BCUT2D eigenvalue weighted by atomic mass is 10.0. The number of anilines is 1. The van der Waals surface area contributed by atoms with Crippen LogP contribution in [0.25, 0.3) is 11.1 Å². The van der Waals surface area contributed by atoms with Gasteiger partial charge in [0.2, 0.25) is 0 Å². The van der Waals surface area contributed by atoms with Gasteiger partial charge >= 0.3 is 0 Å². The van der Waals surface area contributed by atoms with Crippen LogP contribution in [0.15, 0.2) is 107 Å². The van der Waals surface area contributed by atoms with Gasteiger partial charge in [0.05, 0.1) is 9.82 Å². The topological polar surface area (TPSA) is 144 Å². The smallest absolute Gasteiger partial charge is 0.293 e. The number of nitrogens with zero attached hydrogens (tertiary/aromatic N) is 1. The van der Waals surface area contributed by atoms with Crippen molar-refractivity contribution in [1.82, 2.24) is 4.72 Å². The summed E-state index contributed by atoms with van der Waals surface area (Å²) in [6, 6.07) is 24.9. The molecular weight excluding hydrogens is 579 g/mol. The second kappa shape index (κ2) is 14.1. The SMILES string of the molecule is NCCCC(CSc1ccccc1)Nc1ccc(S(=O)(=O)NC(=O)c2ccc(-c3ccc(F)cc3)cc2)cc1[N+](=O)[O-]. The van der Waals surface area contributed by atoms with Crippen LogP contribution in [0.1, 0.15) is 23.2 Å². The summed E-state index contributed by atoms with van der Waals surface area (Å²) in [7, 11) is -4.43. The highest BCUT2D eigenvalue weighted by Gasteiger charge is 2.25. The maximum absolute atomic E-state index is 13.2. The number of benzene rings is 4. The summed E-state index contributed by atoms with van der Waals surface area (Å²) in [5.74, 6) is -0.667. The summed E-state index contributed by atoms with van der Waals surface area (Å²) >= 11 is 1.59. The Morgan fingerprint density at radius 1 is 0.952 bits per heavy atom. The Balaban J connectivity index is 1.49. The Labute approximate surface area is 247 Å². The summed E-state index contributed by atoms with van der Waals surface area (Å²) in [5.41, 5.74) is 6.91. The van der Waals surface area contributed by atoms with Crippen molar-refractivity contribution in [3.05, 3.63) is 119 Å². The molecule has 12 heteroatoms. The highest BCUT2D eigenvalue weighted by atomic mass is 32.2. The lowest BCUT2D eigenvalue weighted by Gasteiger charge is -2.20. The molecule has 0 fully saturated rings. The number of rotatable bonds is 13. The molecule has 42 heavy (non-hydrogen) atoms. The molecule has 0 aliphatic carbocycles. The lowest BCUT2D eigenvalue weighted by Crippen LogP contribution is -2.30. The summed E-state index contributed by atoms with van der Waals surface area (Å²) in [5, 5.41) is 15.1. The van der Waals surface area contributed by atoms with Crippen LogP contribution >= 0.6 is 11.8 Å². The zero-order valence-electron chi connectivity index (χ0n) is 22.4. The molecule has 1 amide bonds. The molecule has 0 bridgehead atoms. The first-order valence-electron chi connectivity index (χ1n) is 13.0. The van der Waals surface area contributed by atoms with Crippen LogP contribution in [0, 0.1) is 15.9 Å². The first-order chi connectivity index (χ1) is 20.2. The van der Waals surface area contributed by atoms with E-state index in [1.807, 2.05) is 35.1 Å². The van der Waals surface area contributed by atoms with Crippen LogP contribution in [-0.4, -0.2) is 37.6 Å². The third-order valence-corrected chi connectivity index (χ3v) is 8.84. The zero-order chi connectivity index (χ0) is 30.1. The minimum Gasteiger partial charge on any atom is -0.376 e. The van der Waals surface area contributed by atoms with E-state index in [-0.39, 0.29) is 23.1 Å². The molecule has 0 spiro atoms. The van der Waals surface area contributed by atoms with Crippen molar-refractivity contribution in [3.8, 4) is 11.1 Å². The molecule has 9 nitrogen and oxygen atoms in total. The van der Waals surface area contributed by atoms with E-state index in [0.29, 0.717) is 30.7 Å². The average molecular weight is 609 g/mol. The van der Waals surface area contributed by atoms with Gasteiger partial charge in [0.1, 0.15) is 11.5 Å². The Bertz CT molecular complexity index is 1640. The van der Waals surface area contributed by atoms with Crippen LogP contribution in [-0.2, 0) is 10.0 Å². The fourth-order valence-corrected chi connectivity index (χ4v) is 6.13. The number of nitro groups is 1. The normalized spacial score (nSPS) is 12.0. The first kappa shape index (κ1) is 30.7. The van der Waals surface area contributed by atoms with Gasteiger partial charge in [0.25, 0.3) is 21.6 Å². The van der Waals surface area contributed by atoms with Crippen LogP contribution in [0.3, 0.4) is 0 Å². The van der Waals surface area contributed by atoms with Crippen LogP contribution in [0.5, 0.6) is 0 Å². The fourth-order valence-electron chi connectivity index (χ4n) is 4.14. The minimum absolute atomic E-state index is 0.0656. The molecular formula is C30H29FN4O5S2. The van der Waals surface area contributed by atoms with E-state index >= 15 is 0 Å². The van der Waals surface area contributed by atoms with Crippen molar-refractivity contribution >= 4 is 39.1 Å². The predicted octanol–water partition coefficient (Wildman–Crippen LogP) is 5.83. The van der Waals surface area contributed by atoms with Gasteiger partial charge in [0.15, 0.2) is 0 Å². The fraction of sp³-hybridized carbons (Fsp3) is 0.167. The molecule has 0 heterocycles. The van der Waals surface area contributed by atoms with E-state index in [1.165, 1.54) is 36.4 Å². The molecule has 0 aliphatic heterocycles. The molecule has 4 N–H and O–H groups in total. The van der Waals surface area contributed by atoms with Gasteiger partial charge < -0.3 is 11.1 Å². The number of hydrogen-bond donors (Lipinski definition) is 3. The van der Waals surface area contributed by atoms with Crippen molar-refractivity contribution in [1.29, 1.82) is 0 Å². The van der Waals surface area contributed by atoms with Crippen molar-refractivity contribution in [2.45, 2.75) is 28.7 Å². The van der Waals surface area contributed by atoms with E-state index in [0.717, 1.165) is 16.5 Å². The van der Waals surface area contributed by atoms with E-state index in [1.54, 1.807) is 36.0 Å². The van der Waals surface area contributed by atoms with Gasteiger partial charge in [-0.2, -0.15) is 0 Å². The second-order valence-corrected chi connectivity index (χ2v) is 12.1. The number of carbonyl (C=O) groups is 1. The molecule has 0 saturated carbocycles. The molecule has 0 aliphatic rings. The molecule has 4 aromatic rings. The van der Waals surface area contributed by atoms with Crippen molar-refractivity contribution < 1.29 is 22.5 Å². The number of thioether (sulfide) groups is 1. The number of amides is 1. The molecule has 4 rings (SSSR count). The summed E-state index contributed by atoms with van der Waals surface area (Å²) in [6.45, 7) is 0.460. The lowest BCUT2D eigenvalue weighted by molar-refractivity contribution is -0.384. The zero-order valence-corrected chi connectivity index (χ0v) is 24.0. The Hall–Kier alpha value is -4.26. The first-order valence-corrected chi connectivity index (χ1v) is 15.5. The Morgan fingerprint density at radius 3 is 2.21 bits per heavy atom. The summed E-state index contributed by atoms with van der Waals surface area (Å²) < 4.78 is 41.2. The number of halogens is 1. The number of carbonyl (C=O) groups excluding carboxylic acids is 1. The highest BCUT2D eigenvalue weighted by molar-refractivity contribution is 7.99. The van der Waals surface area contributed by atoms with E-state index < -0.39 is 31.4 Å². The Morgan fingerprint density at radius 2 is 1.60 bits per heavy atom. The van der Waals surface area contributed by atoms with Gasteiger partial charge in [0, 0.05) is 28.3 Å². The highest BCUT2D eigenvalue weighted by Crippen LogP contribution is 2.30. The quantitative estimate of drug-likeness (QED) is 0.0977. The second-order valence-electron chi connectivity index (χ2n) is 9.35. The standard InChI is InChI=1S/C30H29FN4O5S2/c31-24-14-12-22(13-15-24)21-8-10-23(11-9-21)30(36)34-42(39,40)27-16-17-28(29(19-27)35(37)38)33-25(5-4-18-32)20-41-26-6-2-1-3-7-26/h1-3,6-17,19,25,33H,4-5,18,20,32H2,(H,34,36). The van der Waals surface area contributed by atoms with Crippen molar-refractivity contribution in [3.63, 3.8) is 0 Å². The molecule has 1 atom stereocenters. The molecule has 4 aromatic carbocycles. The van der Waals surface area contributed by atoms with Crippen molar-refractivity contribution in [2.24, 2.45) is 5.73 Å². The third kappa shape index (κ3) is 8.15. The summed E-state index contributed by atoms with van der Waals surface area (Å²) in [4.78, 5) is 24.6. The average Bonchev–Trinajstić information content (AvgIpc) is 2.99. The van der Waals surface area contributed by atoms with Gasteiger partial charge in [-0.25, -0.2) is 17.5 Å². The predicted molar refractivity (Wildman–Crippen MR) is 162 cm³/mol. The number of sulfonamides is 1. The van der Waals surface area contributed by atoms with Crippen LogP contribution in [0.2, 0.25) is 0 Å². The molecule has 0 radical (unpaired) electrons. The van der Waals surface area contributed by atoms with E-state index in [9.17, 15) is 27.7 Å². The Kier molecular flexibility index (Phi) is 10.3. The third-order valence-electron chi connectivity index (χ3n) is 6.34. The van der Waals surface area contributed by atoms with Gasteiger partial charge in [-0.3, -0.25) is 14.9 Å². The number of nitro benzene ring substituents is 1. The molecule has 218 valence electrons.